The van der Waals surface area contributed by atoms with E-state index in [1.54, 1.807) is 43.3 Å². The standard InChI is InChI=1S/C13H12N2O3/c1-10(12-8-5-9-18-12)14-15(13(16)17)11-6-3-2-4-7-11/h2-9H,1H3,(H,16,17)/b14-10+. The van der Waals surface area contributed by atoms with Crippen LogP contribution in [-0.4, -0.2) is 16.9 Å². The minimum atomic E-state index is -1.15. The normalized spacial score (nSPS) is 11.3. The lowest BCUT2D eigenvalue weighted by atomic mass is 10.3. The van der Waals surface area contributed by atoms with E-state index in [1.807, 2.05) is 6.07 Å². The fourth-order valence-electron chi connectivity index (χ4n) is 1.46. The monoisotopic (exact) mass is 244 g/mol. The van der Waals surface area contributed by atoms with Gasteiger partial charge >= 0.3 is 6.09 Å². The van der Waals surface area contributed by atoms with Gasteiger partial charge in [-0.2, -0.15) is 10.1 Å². The second kappa shape index (κ2) is 5.18. The minimum absolute atomic E-state index is 0.482. The molecule has 2 rings (SSSR count). The summed E-state index contributed by atoms with van der Waals surface area (Å²) >= 11 is 0. The Morgan fingerprint density at radius 1 is 1.22 bits per heavy atom. The summed E-state index contributed by atoms with van der Waals surface area (Å²) in [6, 6.07) is 12.1. The highest BCUT2D eigenvalue weighted by atomic mass is 16.4. The number of hydrogen-bond acceptors (Lipinski definition) is 3. The van der Waals surface area contributed by atoms with Gasteiger partial charge in [0.05, 0.1) is 12.0 Å². The fourth-order valence-corrected chi connectivity index (χ4v) is 1.46. The van der Waals surface area contributed by atoms with Crippen LogP contribution in [-0.2, 0) is 0 Å². The van der Waals surface area contributed by atoms with Gasteiger partial charge in [-0.3, -0.25) is 0 Å². The van der Waals surface area contributed by atoms with Gasteiger partial charge in [0.25, 0.3) is 0 Å². The van der Waals surface area contributed by atoms with Crippen LogP contribution in [0.5, 0.6) is 0 Å². The van der Waals surface area contributed by atoms with Crippen molar-refractivity contribution in [3.8, 4) is 0 Å². The molecule has 1 heterocycles. The largest absolute Gasteiger partial charge is 0.463 e. The molecule has 92 valence electrons. The van der Waals surface area contributed by atoms with E-state index in [-0.39, 0.29) is 0 Å². The second-order valence-electron chi connectivity index (χ2n) is 3.59. The number of anilines is 1. The van der Waals surface area contributed by atoms with E-state index in [9.17, 15) is 4.79 Å². The molecule has 5 heteroatoms. The third-order valence-corrected chi connectivity index (χ3v) is 2.31. The van der Waals surface area contributed by atoms with Crippen LogP contribution in [0.4, 0.5) is 10.5 Å². The zero-order valence-electron chi connectivity index (χ0n) is 9.78. The summed E-state index contributed by atoms with van der Waals surface area (Å²) in [6.45, 7) is 1.69. The number of amides is 1. The first-order valence-corrected chi connectivity index (χ1v) is 5.35. The van der Waals surface area contributed by atoms with Crippen molar-refractivity contribution in [2.75, 3.05) is 5.01 Å². The summed E-state index contributed by atoms with van der Waals surface area (Å²) < 4.78 is 5.16. The zero-order valence-corrected chi connectivity index (χ0v) is 9.78. The van der Waals surface area contributed by atoms with Gasteiger partial charge < -0.3 is 9.52 Å². The van der Waals surface area contributed by atoms with Crippen LogP contribution in [0.2, 0.25) is 0 Å². The maximum absolute atomic E-state index is 11.2. The first-order valence-electron chi connectivity index (χ1n) is 5.35. The zero-order chi connectivity index (χ0) is 13.0. The van der Waals surface area contributed by atoms with Gasteiger partial charge in [0, 0.05) is 0 Å². The fraction of sp³-hybridized carbons (Fsp3) is 0.0769. The molecular formula is C13H12N2O3. The molecule has 1 aromatic heterocycles. The Hall–Kier alpha value is -2.56. The predicted octanol–water partition coefficient (Wildman–Crippen LogP) is 3.19. The van der Waals surface area contributed by atoms with Crippen LogP contribution in [0, 0.1) is 0 Å². The van der Waals surface area contributed by atoms with Crippen molar-refractivity contribution in [2.24, 2.45) is 5.10 Å². The van der Waals surface area contributed by atoms with E-state index in [0.717, 1.165) is 5.01 Å². The highest BCUT2D eigenvalue weighted by Gasteiger charge is 2.14. The molecule has 0 saturated heterocycles. The number of carboxylic acid groups (broad SMARTS) is 1. The predicted molar refractivity (Wildman–Crippen MR) is 67.9 cm³/mol. The molecule has 0 unspecified atom stereocenters. The Kier molecular flexibility index (Phi) is 3.43. The van der Waals surface area contributed by atoms with E-state index in [4.69, 9.17) is 9.52 Å². The second-order valence-corrected chi connectivity index (χ2v) is 3.59. The maximum Gasteiger partial charge on any atom is 0.432 e. The van der Waals surface area contributed by atoms with Crippen molar-refractivity contribution in [1.29, 1.82) is 0 Å². The summed E-state index contributed by atoms with van der Waals surface area (Å²) in [6.07, 6.45) is 0.370. The number of carbonyl (C=O) groups is 1. The Labute approximate surface area is 104 Å². The third-order valence-electron chi connectivity index (χ3n) is 2.31. The van der Waals surface area contributed by atoms with E-state index >= 15 is 0 Å². The van der Waals surface area contributed by atoms with Gasteiger partial charge in [-0.25, -0.2) is 4.79 Å². The average Bonchev–Trinajstić information content (AvgIpc) is 2.90. The first kappa shape index (κ1) is 11.9. The van der Waals surface area contributed by atoms with E-state index < -0.39 is 6.09 Å². The molecule has 0 saturated carbocycles. The summed E-state index contributed by atoms with van der Waals surface area (Å²) in [5, 5.41) is 14.1. The maximum atomic E-state index is 11.2. The number of rotatable bonds is 3. The number of para-hydroxylation sites is 1. The van der Waals surface area contributed by atoms with Crippen molar-refractivity contribution in [1.82, 2.24) is 0 Å². The molecule has 0 aliphatic rings. The average molecular weight is 244 g/mol. The summed E-state index contributed by atoms with van der Waals surface area (Å²) in [5.74, 6) is 0.539. The van der Waals surface area contributed by atoms with Crippen molar-refractivity contribution in [3.63, 3.8) is 0 Å². The molecule has 1 N–H and O–H groups in total. The van der Waals surface area contributed by atoms with E-state index in [0.29, 0.717) is 17.2 Å². The Morgan fingerprint density at radius 2 is 1.94 bits per heavy atom. The molecule has 2 aromatic rings. The van der Waals surface area contributed by atoms with Crippen molar-refractivity contribution < 1.29 is 14.3 Å². The molecule has 0 radical (unpaired) electrons. The quantitative estimate of drug-likeness (QED) is 0.666. The molecule has 1 amide bonds. The topological polar surface area (TPSA) is 66.0 Å². The molecule has 0 atom stereocenters. The minimum Gasteiger partial charge on any atom is -0.463 e. The third kappa shape index (κ3) is 2.57. The van der Waals surface area contributed by atoms with Crippen molar-refractivity contribution >= 4 is 17.5 Å². The molecule has 18 heavy (non-hydrogen) atoms. The summed E-state index contributed by atoms with van der Waals surface area (Å²) in [7, 11) is 0. The summed E-state index contributed by atoms with van der Waals surface area (Å²) in [4.78, 5) is 11.2. The van der Waals surface area contributed by atoms with Crippen LogP contribution in [0.1, 0.15) is 12.7 Å². The molecule has 5 nitrogen and oxygen atoms in total. The first-order chi connectivity index (χ1) is 8.68. The Bertz CT molecular complexity index is 547. The van der Waals surface area contributed by atoms with Gasteiger partial charge in [0.2, 0.25) is 0 Å². The van der Waals surface area contributed by atoms with Crippen LogP contribution in [0.25, 0.3) is 0 Å². The lowest BCUT2D eigenvalue weighted by molar-refractivity contribution is 0.202. The van der Waals surface area contributed by atoms with E-state index in [1.165, 1.54) is 6.26 Å². The molecule has 0 aliphatic carbocycles. The molecule has 0 spiro atoms. The number of hydrazone groups is 1. The lowest BCUT2D eigenvalue weighted by Crippen LogP contribution is -2.24. The van der Waals surface area contributed by atoms with Crippen LogP contribution >= 0.6 is 0 Å². The van der Waals surface area contributed by atoms with Gasteiger partial charge in [-0.05, 0) is 31.2 Å². The van der Waals surface area contributed by atoms with Crippen LogP contribution < -0.4 is 5.01 Å². The van der Waals surface area contributed by atoms with Gasteiger partial charge in [0.1, 0.15) is 11.5 Å². The number of furan rings is 1. The smallest absolute Gasteiger partial charge is 0.432 e. The molecule has 0 bridgehead atoms. The van der Waals surface area contributed by atoms with E-state index in [2.05, 4.69) is 5.10 Å². The Morgan fingerprint density at radius 3 is 2.50 bits per heavy atom. The number of hydrogen-bond donors (Lipinski definition) is 1. The SMILES string of the molecule is C/C(=N\N(C(=O)O)c1ccccc1)c1ccco1. The van der Waals surface area contributed by atoms with Crippen molar-refractivity contribution in [3.05, 3.63) is 54.5 Å². The summed E-state index contributed by atoms with van der Waals surface area (Å²) in [5.41, 5.74) is 0.974. The Balaban J connectivity index is 2.33. The van der Waals surface area contributed by atoms with Crippen molar-refractivity contribution in [2.45, 2.75) is 6.92 Å². The lowest BCUT2D eigenvalue weighted by Gasteiger charge is -2.13. The number of nitrogens with zero attached hydrogens (tertiary/aromatic N) is 2. The van der Waals surface area contributed by atoms with Gasteiger partial charge in [0.15, 0.2) is 0 Å². The van der Waals surface area contributed by atoms with Gasteiger partial charge in [-0.15, -0.1) is 0 Å². The highest BCUT2D eigenvalue weighted by molar-refractivity contribution is 5.99. The van der Waals surface area contributed by atoms with Crippen LogP contribution in [0.15, 0.2) is 58.2 Å². The molecule has 0 fully saturated rings. The number of benzene rings is 1. The highest BCUT2D eigenvalue weighted by Crippen LogP contribution is 2.15. The molecular weight excluding hydrogens is 232 g/mol. The molecule has 1 aromatic carbocycles. The van der Waals surface area contributed by atoms with Gasteiger partial charge in [-0.1, -0.05) is 18.2 Å². The molecule has 0 aliphatic heterocycles. The van der Waals surface area contributed by atoms with Crippen LogP contribution in [0.3, 0.4) is 0 Å².